The highest BCUT2D eigenvalue weighted by Crippen LogP contribution is 2.50. The van der Waals surface area contributed by atoms with Gasteiger partial charge in [-0.3, -0.25) is 9.97 Å². The van der Waals surface area contributed by atoms with Crippen molar-refractivity contribution in [3.05, 3.63) is 213 Å². The third-order valence-electron chi connectivity index (χ3n) is 11.0. The molecule has 10 aromatic rings. The van der Waals surface area contributed by atoms with E-state index in [1.165, 1.54) is 0 Å². The highest BCUT2D eigenvalue weighted by molar-refractivity contribution is 5.88. The summed E-state index contributed by atoms with van der Waals surface area (Å²) in [6.07, 6.45) is 7.33. The maximum atomic E-state index is 6.74. The SMILES string of the molecule is c1ccc(-c2ccc(-c3nc(-c4ccccc4)nc(-c4ccc5c(c4)Oc4cc(-c6ccc(-c7cccnc7)cc6)c(-c6ccc(-c7cccnc7)cc6)cc4O5)n3)cc2)cc1. The summed E-state index contributed by atoms with van der Waals surface area (Å²) in [5, 5.41) is 0. The first-order valence-corrected chi connectivity index (χ1v) is 20.4. The van der Waals surface area contributed by atoms with Crippen molar-refractivity contribution in [1.29, 1.82) is 0 Å². The number of rotatable bonds is 8. The Morgan fingerprint density at radius 2 is 0.613 bits per heavy atom. The molecule has 11 rings (SSSR count). The fourth-order valence-electron chi connectivity index (χ4n) is 7.79. The third-order valence-corrected chi connectivity index (χ3v) is 11.0. The standard InChI is InChI=1S/C55H35N5O2/c1-3-9-36(10-4-1)37-19-25-43(26-20-37)54-58-53(42-11-5-2-6-12-42)59-55(60-54)44-27-28-49-50(31-44)62-52-33-48(41-23-17-39(18-24-41)46-14-8-30-57-35-46)47(32-51(52)61-49)40-21-15-38(16-22-40)45-13-7-29-56-34-45/h1-35H. The maximum absolute atomic E-state index is 6.74. The number of fused-ring (bicyclic) bond motifs is 2. The normalized spacial score (nSPS) is 11.5. The van der Waals surface area contributed by atoms with Crippen molar-refractivity contribution in [3.8, 4) is 113 Å². The lowest BCUT2D eigenvalue weighted by atomic mass is 9.92. The van der Waals surface area contributed by atoms with Gasteiger partial charge in [0.25, 0.3) is 0 Å². The lowest BCUT2D eigenvalue weighted by molar-refractivity contribution is 0.360. The third kappa shape index (κ3) is 7.24. The van der Waals surface area contributed by atoms with Crippen LogP contribution in [0.4, 0.5) is 0 Å². The van der Waals surface area contributed by atoms with Gasteiger partial charge in [-0.15, -0.1) is 0 Å². The van der Waals surface area contributed by atoms with E-state index < -0.39 is 0 Å². The molecule has 0 bridgehead atoms. The number of hydrogen-bond acceptors (Lipinski definition) is 7. The van der Waals surface area contributed by atoms with E-state index in [9.17, 15) is 0 Å². The Bertz CT molecular complexity index is 3180. The zero-order valence-corrected chi connectivity index (χ0v) is 33.3. The molecule has 292 valence electrons. The van der Waals surface area contributed by atoms with E-state index in [0.717, 1.165) is 72.3 Å². The molecule has 3 aromatic heterocycles. The monoisotopic (exact) mass is 797 g/mol. The van der Waals surface area contributed by atoms with Crippen LogP contribution >= 0.6 is 0 Å². The van der Waals surface area contributed by atoms with Crippen LogP contribution in [0.15, 0.2) is 213 Å². The lowest BCUT2D eigenvalue weighted by Crippen LogP contribution is -2.03. The van der Waals surface area contributed by atoms with Crippen LogP contribution in [0.5, 0.6) is 23.0 Å². The van der Waals surface area contributed by atoms with Crippen LogP contribution in [0.1, 0.15) is 0 Å². The quantitative estimate of drug-likeness (QED) is 0.151. The second-order valence-electron chi connectivity index (χ2n) is 15.0. The summed E-state index contributed by atoms with van der Waals surface area (Å²) in [5.41, 5.74) is 13.2. The second-order valence-corrected chi connectivity index (χ2v) is 15.0. The van der Waals surface area contributed by atoms with E-state index in [1.807, 2.05) is 91.3 Å². The number of pyridine rings is 2. The van der Waals surface area contributed by atoms with E-state index >= 15 is 0 Å². The van der Waals surface area contributed by atoms with Gasteiger partial charge in [-0.2, -0.15) is 0 Å². The predicted octanol–water partition coefficient (Wildman–Crippen LogP) is 13.9. The van der Waals surface area contributed by atoms with Gasteiger partial charge in [-0.1, -0.05) is 146 Å². The first kappa shape index (κ1) is 36.5. The van der Waals surface area contributed by atoms with Crippen LogP contribution < -0.4 is 9.47 Å². The first-order chi connectivity index (χ1) is 30.7. The van der Waals surface area contributed by atoms with Gasteiger partial charge in [-0.25, -0.2) is 15.0 Å². The van der Waals surface area contributed by atoms with Gasteiger partial charge in [0.05, 0.1) is 0 Å². The molecule has 4 heterocycles. The zero-order chi connectivity index (χ0) is 41.2. The number of nitrogens with zero attached hydrogens (tertiary/aromatic N) is 5. The van der Waals surface area contributed by atoms with Gasteiger partial charge in [-0.05, 0) is 98.1 Å². The molecule has 0 amide bonds. The lowest BCUT2D eigenvalue weighted by Gasteiger charge is -2.24. The highest BCUT2D eigenvalue weighted by atomic mass is 16.6. The molecule has 7 heteroatoms. The molecule has 0 aliphatic carbocycles. The largest absolute Gasteiger partial charge is 0.449 e. The van der Waals surface area contributed by atoms with E-state index in [1.54, 1.807) is 12.4 Å². The van der Waals surface area contributed by atoms with Crippen LogP contribution in [0, 0.1) is 0 Å². The summed E-state index contributed by atoms with van der Waals surface area (Å²) in [7, 11) is 0. The Kier molecular flexibility index (Phi) is 9.37. The van der Waals surface area contributed by atoms with Crippen molar-refractivity contribution in [2.45, 2.75) is 0 Å². The van der Waals surface area contributed by atoms with Crippen molar-refractivity contribution < 1.29 is 9.47 Å². The van der Waals surface area contributed by atoms with Gasteiger partial charge in [0.15, 0.2) is 40.5 Å². The summed E-state index contributed by atoms with van der Waals surface area (Å²) < 4.78 is 13.4. The first-order valence-electron chi connectivity index (χ1n) is 20.4. The van der Waals surface area contributed by atoms with Crippen LogP contribution in [-0.2, 0) is 0 Å². The van der Waals surface area contributed by atoms with Crippen LogP contribution in [0.3, 0.4) is 0 Å². The molecule has 7 nitrogen and oxygen atoms in total. The van der Waals surface area contributed by atoms with E-state index in [4.69, 9.17) is 24.4 Å². The number of ether oxygens (including phenoxy) is 2. The molecular formula is C55H35N5O2. The van der Waals surface area contributed by atoms with Gasteiger partial charge in [0.2, 0.25) is 0 Å². The average molecular weight is 798 g/mol. The van der Waals surface area contributed by atoms with Crippen molar-refractivity contribution in [1.82, 2.24) is 24.9 Å². The van der Waals surface area contributed by atoms with E-state index in [2.05, 4.69) is 119 Å². The van der Waals surface area contributed by atoms with Crippen LogP contribution in [-0.4, -0.2) is 24.9 Å². The molecule has 0 unspecified atom stereocenters. The number of hydrogen-bond donors (Lipinski definition) is 0. The summed E-state index contributed by atoms with van der Waals surface area (Å²) in [4.78, 5) is 23.6. The number of benzene rings is 7. The topological polar surface area (TPSA) is 82.9 Å². The average Bonchev–Trinajstić information content (AvgIpc) is 3.36. The fraction of sp³-hybridized carbons (Fsp3) is 0. The smallest absolute Gasteiger partial charge is 0.170 e. The molecule has 0 fully saturated rings. The van der Waals surface area contributed by atoms with Crippen molar-refractivity contribution in [2.75, 3.05) is 0 Å². The predicted molar refractivity (Wildman–Crippen MR) is 245 cm³/mol. The molecule has 0 saturated carbocycles. The number of aromatic nitrogens is 5. The van der Waals surface area contributed by atoms with E-state index in [0.29, 0.717) is 40.5 Å². The van der Waals surface area contributed by atoms with Crippen molar-refractivity contribution >= 4 is 0 Å². The Balaban J connectivity index is 0.967. The minimum absolute atomic E-state index is 0.526. The van der Waals surface area contributed by atoms with Gasteiger partial charge in [0.1, 0.15) is 0 Å². The Morgan fingerprint density at radius 1 is 0.258 bits per heavy atom. The highest BCUT2D eigenvalue weighted by Gasteiger charge is 2.24. The minimum atomic E-state index is 0.526. The molecule has 1 aliphatic rings. The molecule has 62 heavy (non-hydrogen) atoms. The minimum Gasteiger partial charge on any atom is -0.449 e. The Hall–Kier alpha value is -8.55. The second kappa shape index (κ2) is 15.9. The molecule has 0 N–H and O–H groups in total. The zero-order valence-electron chi connectivity index (χ0n) is 33.3. The summed E-state index contributed by atoms with van der Waals surface area (Å²) >= 11 is 0. The van der Waals surface area contributed by atoms with Gasteiger partial charge < -0.3 is 9.47 Å². The molecule has 0 spiro atoms. The summed E-state index contributed by atoms with van der Waals surface area (Å²) in [5.74, 6) is 4.08. The maximum Gasteiger partial charge on any atom is 0.170 e. The van der Waals surface area contributed by atoms with Gasteiger partial charge >= 0.3 is 0 Å². The molecule has 7 aromatic carbocycles. The molecular weight excluding hydrogens is 763 g/mol. The Morgan fingerprint density at radius 3 is 1.11 bits per heavy atom. The van der Waals surface area contributed by atoms with Crippen LogP contribution in [0.2, 0.25) is 0 Å². The summed E-state index contributed by atoms with van der Waals surface area (Å²) in [6, 6.07) is 63.7. The van der Waals surface area contributed by atoms with Crippen molar-refractivity contribution in [3.63, 3.8) is 0 Å². The molecule has 1 aliphatic heterocycles. The fourth-order valence-corrected chi connectivity index (χ4v) is 7.79. The summed E-state index contributed by atoms with van der Waals surface area (Å²) in [6.45, 7) is 0. The van der Waals surface area contributed by atoms with Gasteiger partial charge in [0, 0.05) is 41.5 Å². The van der Waals surface area contributed by atoms with Crippen LogP contribution in [0.25, 0.3) is 89.8 Å². The molecule has 0 atom stereocenters. The Labute approximate surface area is 358 Å². The molecule has 0 radical (unpaired) electrons. The van der Waals surface area contributed by atoms with Crippen molar-refractivity contribution in [2.24, 2.45) is 0 Å². The van der Waals surface area contributed by atoms with E-state index in [-0.39, 0.29) is 0 Å². The molecule has 0 saturated heterocycles.